The number of rotatable bonds is 5. The maximum atomic E-state index is 12.1. The van der Waals surface area contributed by atoms with Crippen LogP contribution >= 0.6 is 11.3 Å². The molecule has 2 unspecified atom stereocenters. The minimum absolute atomic E-state index is 0.0414. The Balaban J connectivity index is 1.90. The molecule has 1 aromatic carbocycles. The molecule has 1 amide bonds. The van der Waals surface area contributed by atoms with E-state index in [1.54, 1.807) is 11.3 Å². The predicted molar refractivity (Wildman–Crippen MR) is 87.3 cm³/mol. The quantitative estimate of drug-likeness (QED) is 0.832. The van der Waals surface area contributed by atoms with Crippen LogP contribution < -0.4 is 11.1 Å². The molecule has 4 nitrogen and oxygen atoms in total. The Labute approximate surface area is 129 Å². The summed E-state index contributed by atoms with van der Waals surface area (Å²) < 4.78 is 0. The maximum Gasteiger partial charge on any atom is 0.221 e. The fourth-order valence-corrected chi connectivity index (χ4v) is 2.96. The van der Waals surface area contributed by atoms with E-state index in [2.05, 4.69) is 10.3 Å². The topological polar surface area (TPSA) is 68.0 Å². The summed E-state index contributed by atoms with van der Waals surface area (Å²) in [5.41, 5.74) is 8.53. The van der Waals surface area contributed by atoms with E-state index in [0.29, 0.717) is 6.42 Å². The number of hydrogen-bond donors (Lipinski definition) is 2. The molecule has 21 heavy (non-hydrogen) atoms. The van der Waals surface area contributed by atoms with E-state index in [4.69, 9.17) is 5.73 Å². The number of thiazole rings is 1. The van der Waals surface area contributed by atoms with Gasteiger partial charge in [-0.15, -0.1) is 11.3 Å². The number of hydrogen-bond acceptors (Lipinski definition) is 4. The fourth-order valence-electron chi connectivity index (χ4n) is 2.15. The van der Waals surface area contributed by atoms with Crippen LogP contribution in [0.25, 0.3) is 0 Å². The predicted octanol–water partition coefficient (Wildman–Crippen LogP) is 3.40. The molecule has 0 saturated carbocycles. The van der Waals surface area contributed by atoms with Crippen molar-refractivity contribution in [3.63, 3.8) is 0 Å². The highest BCUT2D eigenvalue weighted by molar-refractivity contribution is 7.09. The lowest BCUT2D eigenvalue weighted by Crippen LogP contribution is -2.27. The number of anilines is 1. The molecule has 2 aromatic rings. The molecule has 0 saturated heterocycles. The number of carbonyl (C=O) groups excluding carboxylic acids is 1. The average Bonchev–Trinajstić information content (AvgIpc) is 2.86. The number of benzene rings is 1. The van der Waals surface area contributed by atoms with E-state index < -0.39 is 0 Å². The summed E-state index contributed by atoms with van der Waals surface area (Å²) in [7, 11) is 0. The molecule has 0 aliphatic heterocycles. The number of nitrogen functional groups attached to an aromatic ring is 1. The van der Waals surface area contributed by atoms with Gasteiger partial charge in [-0.2, -0.15) is 0 Å². The molecule has 2 rings (SSSR count). The van der Waals surface area contributed by atoms with Gasteiger partial charge in [0.15, 0.2) is 0 Å². The zero-order chi connectivity index (χ0) is 15.4. The number of aryl methyl sites for hydroxylation is 1. The largest absolute Gasteiger partial charge is 0.399 e. The summed E-state index contributed by atoms with van der Waals surface area (Å²) >= 11 is 1.58. The maximum absolute atomic E-state index is 12.1. The Morgan fingerprint density at radius 1 is 1.33 bits per heavy atom. The summed E-state index contributed by atoms with van der Waals surface area (Å²) in [4.78, 5) is 16.5. The first kappa shape index (κ1) is 15.5. The van der Waals surface area contributed by atoms with Crippen LogP contribution in [0.2, 0.25) is 0 Å². The Morgan fingerprint density at radius 2 is 2.00 bits per heavy atom. The molecule has 1 aromatic heterocycles. The van der Waals surface area contributed by atoms with Crippen LogP contribution in [0, 0.1) is 6.92 Å². The van der Waals surface area contributed by atoms with E-state index >= 15 is 0 Å². The zero-order valence-electron chi connectivity index (χ0n) is 12.6. The third-order valence-corrected chi connectivity index (χ3v) is 4.53. The molecule has 0 spiro atoms. The van der Waals surface area contributed by atoms with Crippen LogP contribution in [0.1, 0.15) is 48.5 Å². The number of aromatic nitrogens is 1. The third-order valence-electron chi connectivity index (χ3n) is 3.38. The van der Waals surface area contributed by atoms with Crippen molar-refractivity contribution in [3.8, 4) is 0 Å². The fraction of sp³-hybridized carbons (Fsp3) is 0.375. The number of nitrogens with one attached hydrogen (secondary N) is 1. The highest BCUT2D eigenvalue weighted by Gasteiger charge is 2.15. The molecule has 2 atom stereocenters. The van der Waals surface area contributed by atoms with Gasteiger partial charge < -0.3 is 11.1 Å². The lowest BCUT2D eigenvalue weighted by atomic mass is 9.97. The second kappa shape index (κ2) is 6.72. The van der Waals surface area contributed by atoms with Gasteiger partial charge >= 0.3 is 0 Å². The van der Waals surface area contributed by atoms with Gasteiger partial charge in [0.2, 0.25) is 5.91 Å². The lowest BCUT2D eigenvalue weighted by molar-refractivity contribution is -0.122. The molecule has 1 heterocycles. The highest BCUT2D eigenvalue weighted by Crippen LogP contribution is 2.22. The van der Waals surface area contributed by atoms with Crippen molar-refractivity contribution < 1.29 is 4.79 Å². The second-order valence-electron chi connectivity index (χ2n) is 5.39. The van der Waals surface area contributed by atoms with Crippen molar-refractivity contribution in [2.75, 3.05) is 5.73 Å². The van der Waals surface area contributed by atoms with Crippen LogP contribution in [0.15, 0.2) is 29.6 Å². The SMILES string of the molecule is Cc1csc(C(C)NC(=O)CC(C)c2ccc(N)cc2)n1. The van der Waals surface area contributed by atoms with Crippen LogP contribution in [-0.2, 0) is 4.79 Å². The molecule has 0 aliphatic rings. The summed E-state index contributed by atoms with van der Waals surface area (Å²) in [6.07, 6.45) is 0.457. The Hall–Kier alpha value is -1.88. The lowest BCUT2D eigenvalue weighted by Gasteiger charge is -2.15. The van der Waals surface area contributed by atoms with Crippen LogP contribution in [0.3, 0.4) is 0 Å². The van der Waals surface area contributed by atoms with Gasteiger partial charge in [0.1, 0.15) is 5.01 Å². The standard InChI is InChI=1S/C16H21N3OS/c1-10(13-4-6-14(17)7-5-13)8-15(20)19-12(3)16-18-11(2)9-21-16/h4-7,9-10,12H,8,17H2,1-3H3,(H,19,20). The summed E-state index contributed by atoms with van der Waals surface area (Å²) in [6, 6.07) is 7.63. The Bertz CT molecular complexity index is 606. The smallest absolute Gasteiger partial charge is 0.221 e. The van der Waals surface area contributed by atoms with Crippen LogP contribution in [0.5, 0.6) is 0 Å². The van der Waals surface area contributed by atoms with Gasteiger partial charge in [0, 0.05) is 23.2 Å². The number of nitrogens with zero attached hydrogens (tertiary/aromatic N) is 1. The van der Waals surface area contributed by atoms with Gasteiger partial charge in [0.05, 0.1) is 6.04 Å². The normalized spacial score (nSPS) is 13.7. The minimum Gasteiger partial charge on any atom is -0.399 e. The molecule has 112 valence electrons. The molecule has 0 bridgehead atoms. The molecule has 5 heteroatoms. The molecule has 0 fully saturated rings. The van der Waals surface area contributed by atoms with Gasteiger partial charge in [-0.05, 0) is 37.5 Å². The van der Waals surface area contributed by atoms with E-state index in [0.717, 1.165) is 22.0 Å². The summed E-state index contributed by atoms with van der Waals surface area (Å²) in [5, 5.41) is 5.95. The summed E-state index contributed by atoms with van der Waals surface area (Å²) in [6.45, 7) is 5.96. The average molecular weight is 303 g/mol. The number of nitrogens with two attached hydrogens (primary N) is 1. The molecule has 3 N–H and O–H groups in total. The van der Waals surface area contributed by atoms with Crippen molar-refractivity contribution in [3.05, 3.63) is 45.9 Å². The highest BCUT2D eigenvalue weighted by atomic mass is 32.1. The van der Waals surface area contributed by atoms with Crippen molar-refractivity contribution in [2.24, 2.45) is 0 Å². The van der Waals surface area contributed by atoms with Crippen molar-refractivity contribution in [2.45, 2.75) is 39.2 Å². The first-order chi connectivity index (χ1) is 9.95. The van der Waals surface area contributed by atoms with Gasteiger partial charge in [-0.3, -0.25) is 4.79 Å². The molecule has 0 aliphatic carbocycles. The van der Waals surface area contributed by atoms with Crippen molar-refractivity contribution in [1.29, 1.82) is 0 Å². The molecular formula is C16H21N3OS. The van der Waals surface area contributed by atoms with E-state index in [1.165, 1.54) is 0 Å². The van der Waals surface area contributed by atoms with E-state index in [9.17, 15) is 4.79 Å². The van der Waals surface area contributed by atoms with Crippen molar-refractivity contribution in [1.82, 2.24) is 10.3 Å². The first-order valence-electron chi connectivity index (χ1n) is 7.02. The second-order valence-corrected chi connectivity index (χ2v) is 6.28. The van der Waals surface area contributed by atoms with E-state index in [1.807, 2.05) is 50.4 Å². The Kier molecular flexibility index (Phi) is 4.96. The van der Waals surface area contributed by atoms with Gasteiger partial charge in [0.25, 0.3) is 0 Å². The first-order valence-corrected chi connectivity index (χ1v) is 7.90. The monoisotopic (exact) mass is 303 g/mol. The summed E-state index contributed by atoms with van der Waals surface area (Å²) in [5.74, 6) is 0.204. The minimum atomic E-state index is -0.0465. The van der Waals surface area contributed by atoms with Crippen molar-refractivity contribution >= 4 is 22.9 Å². The zero-order valence-corrected chi connectivity index (χ0v) is 13.4. The molecule has 0 radical (unpaired) electrons. The third kappa shape index (κ3) is 4.29. The van der Waals surface area contributed by atoms with Gasteiger partial charge in [-0.1, -0.05) is 19.1 Å². The van der Waals surface area contributed by atoms with Crippen LogP contribution in [0.4, 0.5) is 5.69 Å². The van der Waals surface area contributed by atoms with E-state index in [-0.39, 0.29) is 17.9 Å². The Morgan fingerprint density at radius 3 is 2.57 bits per heavy atom. The van der Waals surface area contributed by atoms with Gasteiger partial charge in [-0.25, -0.2) is 4.98 Å². The van der Waals surface area contributed by atoms with Crippen LogP contribution in [-0.4, -0.2) is 10.9 Å². The number of carbonyl (C=O) groups is 1. The number of amides is 1. The molecular weight excluding hydrogens is 282 g/mol.